The number of rotatable bonds is 13. The Morgan fingerprint density at radius 2 is 0.912 bits per heavy atom. The minimum absolute atomic E-state index is 0.493. The van der Waals surface area contributed by atoms with E-state index in [9.17, 15) is 0 Å². The van der Waals surface area contributed by atoms with Gasteiger partial charge in [0.05, 0.1) is 26.4 Å². The normalized spacial score (nSPS) is 11.2. The molecule has 4 aromatic carbocycles. The Kier molecular flexibility index (Phi) is 10.1. The predicted molar refractivity (Wildman–Crippen MR) is 157 cm³/mol. The second-order valence-electron chi connectivity index (χ2n) is 7.62. The van der Waals surface area contributed by atoms with Gasteiger partial charge in [-0.25, -0.2) is 0 Å². The van der Waals surface area contributed by atoms with Crippen molar-refractivity contribution in [1.29, 1.82) is 0 Å². The van der Waals surface area contributed by atoms with E-state index in [4.69, 9.17) is 18.9 Å². The number of alkyl halides is 2. The molecule has 4 nitrogen and oxygen atoms in total. The summed E-state index contributed by atoms with van der Waals surface area (Å²) in [6, 6.07) is 25.2. The van der Waals surface area contributed by atoms with Gasteiger partial charge in [0.25, 0.3) is 0 Å². The van der Waals surface area contributed by atoms with Gasteiger partial charge in [0.15, 0.2) is 0 Å². The van der Waals surface area contributed by atoms with Crippen LogP contribution in [0.25, 0.3) is 32.7 Å². The molecule has 0 radical (unpaired) electrons. The van der Waals surface area contributed by atoms with Gasteiger partial charge >= 0.3 is 0 Å². The summed E-state index contributed by atoms with van der Waals surface area (Å²) in [5.74, 6) is 1.67. The van der Waals surface area contributed by atoms with Crippen molar-refractivity contribution in [3.8, 4) is 22.6 Å². The average Bonchev–Trinajstić information content (AvgIpc) is 2.88. The third-order valence-electron chi connectivity index (χ3n) is 5.45. The zero-order valence-electron chi connectivity index (χ0n) is 19.0. The van der Waals surface area contributed by atoms with Crippen LogP contribution in [0.4, 0.5) is 0 Å². The van der Waals surface area contributed by atoms with Crippen LogP contribution in [0.5, 0.6) is 11.5 Å². The summed E-state index contributed by atoms with van der Waals surface area (Å²) in [4.78, 5) is 0. The molecule has 4 rings (SSSR count). The van der Waals surface area contributed by atoms with Crippen LogP contribution in [0.15, 0.2) is 72.8 Å². The molecule has 0 aliphatic rings. The molecule has 0 bridgehead atoms. The van der Waals surface area contributed by atoms with Gasteiger partial charge < -0.3 is 18.9 Å². The molecule has 178 valence electrons. The van der Waals surface area contributed by atoms with Gasteiger partial charge in [0.1, 0.15) is 24.7 Å². The molecular formula is C28H28I2O4. The fourth-order valence-electron chi connectivity index (χ4n) is 3.99. The summed E-state index contributed by atoms with van der Waals surface area (Å²) in [6.07, 6.45) is 0. The Labute approximate surface area is 228 Å². The molecule has 0 atom stereocenters. The fraction of sp³-hybridized carbons (Fsp3) is 0.286. The van der Waals surface area contributed by atoms with Crippen molar-refractivity contribution < 1.29 is 18.9 Å². The molecular weight excluding hydrogens is 654 g/mol. The van der Waals surface area contributed by atoms with Crippen molar-refractivity contribution in [3.05, 3.63) is 72.8 Å². The number of ether oxygens (including phenoxy) is 4. The van der Waals surface area contributed by atoms with E-state index < -0.39 is 0 Å². The Bertz CT molecular complexity index is 1120. The molecule has 0 aliphatic heterocycles. The first-order valence-corrected chi connectivity index (χ1v) is 14.5. The lowest BCUT2D eigenvalue weighted by atomic mass is 9.92. The first kappa shape index (κ1) is 25.5. The summed E-state index contributed by atoms with van der Waals surface area (Å²) in [6.45, 7) is 3.57. The molecule has 0 N–H and O–H groups in total. The number of hydrogen-bond donors (Lipinski definition) is 0. The van der Waals surface area contributed by atoms with E-state index in [2.05, 4.69) is 118 Å². The lowest BCUT2D eigenvalue weighted by molar-refractivity contribution is 0.112. The van der Waals surface area contributed by atoms with Gasteiger partial charge in [0, 0.05) is 20.0 Å². The highest BCUT2D eigenvalue weighted by Crippen LogP contribution is 2.45. The molecule has 0 fully saturated rings. The van der Waals surface area contributed by atoms with E-state index in [1.807, 2.05) is 0 Å². The Balaban J connectivity index is 1.79. The molecule has 34 heavy (non-hydrogen) atoms. The fourth-order valence-corrected chi connectivity index (χ4v) is 4.62. The van der Waals surface area contributed by atoms with E-state index in [1.165, 1.54) is 0 Å². The summed E-state index contributed by atoms with van der Waals surface area (Å²) in [5, 5.41) is 4.59. The van der Waals surface area contributed by atoms with Crippen molar-refractivity contribution >= 4 is 66.7 Å². The van der Waals surface area contributed by atoms with Crippen LogP contribution in [0.3, 0.4) is 0 Å². The molecule has 0 aromatic heterocycles. The van der Waals surface area contributed by atoms with Gasteiger partial charge in [0.2, 0.25) is 0 Å². The van der Waals surface area contributed by atoms with Gasteiger partial charge in [-0.05, 0) is 33.7 Å². The molecule has 0 aliphatic carbocycles. The zero-order valence-corrected chi connectivity index (χ0v) is 23.3. The highest BCUT2D eigenvalue weighted by Gasteiger charge is 2.19. The summed E-state index contributed by atoms with van der Waals surface area (Å²) in [5.41, 5.74) is 2.10. The number of hydrogen-bond acceptors (Lipinski definition) is 4. The molecule has 0 saturated heterocycles. The van der Waals surface area contributed by atoms with Crippen LogP contribution in [0, 0.1) is 0 Å². The predicted octanol–water partition coefficient (Wildman–Crippen LogP) is 7.32. The average molecular weight is 682 g/mol. The highest BCUT2D eigenvalue weighted by atomic mass is 127. The van der Waals surface area contributed by atoms with E-state index in [-0.39, 0.29) is 0 Å². The Hall–Kier alpha value is -1.62. The molecule has 0 amide bonds. The number of fused-ring (bicyclic) bond motifs is 2. The van der Waals surface area contributed by atoms with Crippen LogP contribution >= 0.6 is 45.2 Å². The maximum atomic E-state index is 6.30. The van der Waals surface area contributed by atoms with Gasteiger partial charge in [-0.15, -0.1) is 0 Å². The minimum Gasteiger partial charge on any atom is -0.491 e. The van der Waals surface area contributed by atoms with Gasteiger partial charge in [-0.3, -0.25) is 0 Å². The minimum atomic E-state index is 0.493. The highest BCUT2D eigenvalue weighted by molar-refractivity contribution is 14.1. The maximum Gasteiger partial charge on any atom is 0.128 e. The third kappa shape index (κ3) is 6.33. The lowest BCUT2D eigenvalue weighted by Gasteiger charge is -2.20. The van der Waals surface area contributed by atoms with Gasteiger partial charge in [-0.2, -0.15) is 0 Å². The molecule has 0 unspecified atom stereocenters. The monoisotopic (exact) mass is 682 g/mol. The van der Waals surface area contributed by atoms with Crippen molar-refractivity contribution in [1.82, 2.24) is 0 Å². The first-order chi connectivity index (χ1) is 16.8. The smallest absolute Gasteiger partial charge is 0.128 e. The Morgan fingerprint density at radius 3 is 1.35 bits per heavy atom. The SMILES string of the molecule is ICCOCCOc1ccc2ccccc2c1-c1c(OCCOCCI)ccc2ccccc12. The van der Waals surface area contributed by atoms with Crippen LogP contribution in [-0.2, 0) is 9.47 Å². The second kappa shape index (κ2) is 13.5. The topological polar surface area (TPSA) is 36.9 Å². The molecule has 6 heteroatoms. The van der Waals surface area contributed by atoms with Crippen LogP contribution in [-0.4, -0.2) is 48.5 Å². The zero-order chi connectivity index (χ0) is 23.6. The van der Waals surface area contributed by atoms with E-state index in [0.29, 0.717) is 26.4 Å². The quantitative estimate of drug-likeness (QED) is 0.0842. The number of benzene rings is 4. The van der Waals surface area contributed by atoms with Crippen LogP contribution in [0.1, 0.15) is 0 Å². The van der Waals surface area contributed by atoms with Crippen LogP contribution in [0.2, 0.25) is 0 Å². The van der Waals surface area contributed by atoms with E-state index in [0.717, 1.165) is 66.2 Å². The van der Waals surface area contributed by atoms with Gasteiger partial charge in [-0.1, -0.05) is 106 Å². The second-order valence-corrected chi connectivity index (χ2v) is 9.78. The van der Waals surface area contributed by atoms with Crippen LogP contribution < -0.4 is 9.47 Å². The standard InChI is InChI=1S/C28H28I2O4/c29-13-15-31-17-19-33-25-11-9-21-5-1-3-7-23(21)27(25)28-24-8-4-2-6-22(24)10-12-26(28)34-20-18-32-16-14-30/h1-12H,13-20H2. The van der Waals surface area contributed by atoms with E-state index >= 15 is 0 Å². The van der Waals surface area contributed by atoms with Crippen molar-refractivity contribution in [2.75, 3.05) is 48.5 Å². The third-order valence-corrected chi connectivity index (χ3v) is 6.33. The Morgan fingerprint density at radius 1 is 0.471 bits per heavy atom. The summed E-state index contributed by atoms with van der Waals surface area (Å²) in [7, 11) is 0. The number of halogens is 2. The molecule has 0 heterocycles. The lowest BCUT2D eigenvalue weighted by Crippen LogP contribution is -2.10. The molecule has 4 aromatic rings. The molecule has 0 saturated carbocycles. The summed E-state index contributed by atoms with van der Waals surface area (Å²) < 4.78 is 25.8. The molecule has 0 spiro atoms. The summed E-state index contributed by atoms with van der Waals surface area (Å²) >= 11 is 4.63. The maximum absolute atomic E-state index is 6.30. The van der Waals surface area contributed by atoms with Crippen molar-refractivity contribution in [3.63, 3.8) is 0 Å². The van der Waals surface area contributed by atoms with Crippen molar-refractivity contribution in [2.45, 2.75) is 0 Å². The largest absolute Gasteiger partial charge is 0.491 e. The van der Waals surface area contributed by atoms with Crippen molar-refractivity contribution in [2.24, 2.45) is 0 Å². The first-order valence-electron chi connectivity index (χ1n) is 11.4. The van der Waals surface area contributed by atoms with E-state index in [1.54, 1.807) is 0 Å².